The van der Waals surface area contributed by atoms with E-state index in [1.807, 2.05) is 0 Å². The highest BCUT2D eigenvalue weighted by molar-refractivity contribution is 6.30. The van der Waals surface area contributed by atoms with E-state index < -0.39 is 42.1 Å². The van der Waals surface area contributed by atoms with Crippen molar-refractivity contribution in [1.29, 1.82) is 5.41 Å². The SMILES string of the molecule is [2H]C([2H])(Oc1nc(Nc2ccc(C(=O)N[C@@H](CCCNC(=N)N)C(N)=O)cc2)nc(NC2(c3ccc(Cl)cc3)CC2)n1)C(F)(F)F. The summed E-state index contributed by atoms with van der Waals surface area (Å²) in [4.78, 5) is 36.5. The van der Waals surface area contributed by atoms with Crippen molar-refractivity contribution in [2.24, 2.45) is 11.5 Å². The predicted octanol–water partition coefficient (Wildman–Crippen LogP) is 3.16. The number of guanidine groups is 1. The summed E-state index contributed by atoms with van der Waals surface area (Å²) in [6.45, 7) is -3.79. The van der Waals surface area contributed by atoms with Crippen molar-refractivity contribution in [3.63, 3.8) is 0 Å². The van der Waals surface area contributed by atoms with Crippen molar-refractivity contribution in [2.45, 2.75) is 43.4 Å². The molecule has 1 atom stereocenters. The number of carbonyl (C=O) groups is 2. The van der Waals surface area contributed by atoms with E-state index >= 15 is 0 Å². The van der Waals surface area contributed by atoms with Crippen LogP contribution in [0.25, 0.3) is 0 Å². The molecule has 3 aromatic rings. The van der Waals surface area contributed by atoms with Crippen molar-refractivity contribution >= 4 is 47.0 Å². The van der Waals surface area contributed by atoms with E-state index in [1.54, 1.807) is 24.3 Å². The van der Waals surface area contributed by atoms with Gasteiger partial charge in [-0.15, -0.1) is 0 Å². The number of nitrogens with one attached hydrogen (secondary N) is 5. The molecule has 1 aliphatic rings. The van der Waals surface area contributed by atoms with Crippen LogP contribution in [0.5, 0.6) is 6.01 Å². The highest BCUT2D eigenvalue weighted by atomic mass is 35.5. The molecule has 1 heterocycles. The molecule has 44 heavy (non-hydrogen) atoms. The molecule has 2 amide bonds. The Kier molecular flexibility index (Phi) is 9.05. The second-order valence-electron chi connectivity index (χ2n) is 9.79. The zero-order valence-electron chi connectivity index (χ0n) is 25.0. The van der Waals surface area contributed by atoms with Crippen LogP contribution < -0.4 is 37.5 Å². The summed E-state index contributed by atoms with van der Waals surface area (Å²) in [7, 11) is 0. The fraction of sp³-hybridized carbons (Fsp3) is 0.333. The number of nitrogens with two attached hydrogens (primary N) is 2. The summed E-state index contributed by atoms with van der Waals surface area (Å²) in [5, 5.41) is 18.7. The molecular formula is C27H30ClF3N10O3. The average Bonchev–Trinajstić information content (AvgIpc) is 3.74. The number of primary amides is 1. The Morgan fingerprint density at radius 3 is 2.32 bits per heavy atom. The fourth-order valence-electron chi connectivity index (χ4n) is 4.10. The van der Waals surface area contributed by atoms with Crippen molar-refractivity contribution in [3.05, 3.63) is 64.7 Å². The number of benzene rings is 2. The second-order valence-corrected chi connectivity index (χ2v) is 10.2. The average molecular weight is 637 g/mol. The van der Waals surface area contributed by atoms with Crippen LogP contribution in [0.1, 0.15) is 44.3 Å². The van der Waals surface area contributed by atoms with Crippen LogP contribution in [0.4, 0.5) is 30.8 Å². The van der Waals surface area contributed by atoms with Crippen molar-refractivity contribution in [2.75, 3.05) is 23.7 Å². The minimum atomic E-state index is -5.38. The van der Waals surface area contributed by atoms with E-state index in [4.69, 9.17) is 31.2 Å². The molecule has 9 N–H and O–H groups in total. The Morgan fingerprint density at radius 2 is 1.73 bits per heavy atom. The highest BCUT2D eigenvalue weighted by Gasteiger charge is 2.45. The fourth-order valence-corrected chi connectivity index (χ4v) is 4.23. The van der Waals surface area contributed by atoms with Gasteiger partial charge < -0.3 is 37.5 Å². The van der Waals surface area contributed by atoms with E-state index in [2.05, 4.69) is 41.0 Å². The van der Waals surface area contributed by atoms with Crippen LogP contribution in [0, 0.1) is 5.41 Å². The second kappa shape index (κ2) is 13.6. The first-order valence-electron chi connectivity index (χ1n) is 14.2. The summed E-state index contributed by atoms with van der Waals surface area (Å²) in [5.74, 6) is -2.02. The van der Waals surface area contributed by atoms with E-state index in [-0.39, 0.29) is 29.8 Å². The maximum absolute atomic E-state index is 13.2. The van der Waals surface area contributed by atoms with Crippen LogP contribution in [-0.2, 0) is 10.3 Å². The Hall–Kier alpha value is -4.86. The summed E-state index contributed by atoms with van der Waals surface area (Å²) >= 11 is 5.99. The number of carbonyl (C=O) groups excluding carboxylic acids is 2. The molecule has 0 spiro atoms. The molecule has 0 saturated heterocycles. The van der Waals surface area contributed by atoms with Gasteiger partial charge in [-0.2, -0.15) is 28.1 Å². The zero-order valence-corrected chi connectivity index (χ0v) is 23.7. The molecule has 234 valence electrons. The summed E-state index contributed by atoms with van der Waals surface area (Å²) < 4.78 is 58.9. The standard InChI is InChI=1S/C27H30ClF3N10O3/c28-17-7-5-16(6-8-17)26(11-12-26)41-24-38-23(39-25(40-24)44-14-27(29,30)31)36-18-9-3-15(4-10-18)21(43)37-19(20(32)42)2-1-13-35-22(33)34/h3-10,19H,1-2,11-14H2,(H2,32,42)(H,37,43)(H4,33,34,35)(H2,36,38,39,40,41)/t19-/m0/s1/i14D2. The van der Waals surface area contributed by atoms with E-state index in [1.165, 1.54) is 24.3 Å². The number of anilines is 3. The van der Waals surface area contributed by atoms with Crippen LogP contribution >= 0.6 is 11.6 Å². The molecule has 2 aromatic carbocycles. The number of ether oxygens (including phenoxy) is 1. The maximum Gasteiger partial charge on any atom is 0.422 e. The lowest BCUT2D eigenvalue weighted by Gasteiger charge is -2.19. The first kappa shape index (κ1) is 29.2. The number of hydrogen-bond donors (Lipinski definition) is 7. The molecule has 4 rings (SSSR count). The molecule has 0 unspecified atom stereocenters. The van der Waals surface area contributed by atoms with Gasteiger partial charge in [0.1, 0.15) is 6.04 Å². The number of rotatable bonds is 14. The quantitative estimate of drug-likeness (QED) is 0.0781. The van der Waals surface area contributed by atoms with Gasteiger partial charge in [-0.25, -0.2) is 0 Å². The monoisotopic (exact) mass is 636 g/mol. The molecule has 0 bridgehead atoms. The summed E-state index contributed by atoms with van der Waals surface area (Å²) in [6.07, 6.45) is -3.48. The Balaban J connectivity index is 1.51. The third-order valence-electron chi connectivity index (χ3n) is 6.41. The zero-order chi connectivity index (χ0) is 33.7. The van der Waals surface area contributed by atoms with Crippen molar-refractivity contribution in [1.82, 2.24) is 25.6 Å². The topological polar surface area (TPSA) is 206 Å². The van der Waals surface area contributed by atoms with Crippen LogP contribution in [0.2, 0.25) is 5.02 Å². The number of hydrogen-bond acceptors (Lipinski definition) is 9. The number of amides is 2. The number of alkyl halides is 3. The third kappa shape index (κ3) is 9.32. The van der Waals surface area contributed by atoms with E-state index in [9.17, 15) is 22.8 Å². The highest BCUT2D eigenvalue weighted by Crippen LogP contribution is 2.48. The molecule has 1 saturated carbocycles. The van der Waals surface area contributed by atoms with Crippen LogP contribution in [0.15, 0.2) is 48.5 Å². The van der Waals surface area contributed by atoms with Gasteiger partial charge in [0.15, 0.2) is 12.5 Å². The molecule has 17 heteroatoms. The largest absolute Gasteiger partial charge is 0.454 e. The number of aromatic nitrogens is 3. The van der Waals surface area contributed by atoms with Gasteiger partial charge in [-0.1, -0.05) is 23.7 Å². The lowest BCUT2D eigenvalue weighted by Crippen LogP contribution is -2.45. The van der Waals surface area contributed by atoms with Gasteiger partial charge >= 0.3 is 12.2 Å². The normalized spacial score (nSPS) is 15.2. The van der Waals surface area contributed by atoms with E-state index in [0.29, 0.717) is 36.5 Å². The molecule has 1 fully saturated rings. The summed E-state index contributed by atoms with van der Waals surface area (Å²) in [6, 6.07) is 10.8. The van der Waals surface area contributed by atoms with Gasteiger partial charge in [0, 0.05) is 22.8 Å². The molecule has 1 aromatic heterocycles. The molecular weight excluding hydrogens is 605 g/mol. The third-order valence-corrected chi connectivity index (χ3v) is 6.66. The van der Waals surface area contributed by atoms with Gasteiger partial charge in [-0.05, 0) is 67.6 Å². The number of halogens is 4. The lowest BCUT2D eigenvalue weighted by atomic mass is 10.1. The lowest BCUT2D eigenvalue weighted by molar-refractivity contribution is -0.154. The van der Waals surface area contributed by atoms with Crippen molar-refractivity contribution < 1.29 is 30.2 Å². The smallest absolute Gasteiger partial charge is 0.422 e. The Bertz CT molecular complexity index is 1580. The summed E-state index contributed by atoms with van der Waals surface area (Å²) in [5.41, 5.74) is 11.3. The first-order valence-corrected chi connectivity index (χ1v) is 13.6. The Labute approximate surface area is 257 Å². The van der Waals surface area contributed by atoms with Crippen LogP contribution in [0.3, 0.4) is 0 Å². The number of nitrogens with zero attached hydrogens (tertiary/aromatic N) is 3. The molecule has 0 radical (unpaired) electrons. The predicted molar refractivity (Wildman–Crippen MR) is 157 cm³/mol. The molecule has 0 aliphatic heterocycles. The molecule has 1 aliphatic carbocycles. The minimum Gasteiger partial charge on any atom is -0.454 e. The Morgan fingerprint density at radius 1 is 1.07 bits per heavy atom. The van der Waals surface area contributed by atoms with Gasteiger partial charge in [0.25, 0.3) is 5.91 Å². The van der Waals surface area contributed by atoms with Gasteiger partial charge in [0.2, 0.25) is 17.8 Å². The minimum absolute atomic E-state index is 0.165. The van der Waals surface area contributed by atoms with E-state index in [0.717, 1.165) is 5.56 Å². The first-order chi connectivity index (χ1) is 21.6. The molecule has 13 nitrogen and oxygen atoms in total. The van der Waals surface area contributed by atoms with Gasteiger partial charge in [0.05, 0.1) is 8.28 Å². The van der Waals surface area contributed by atoms with Gasteiger partial charge in [-0.3, -0.25) is 15.0 Å². The van der Waals surface area contributed by atoms with Crippen molar-refractivity contribution in [3.8, 4) is 6.01 Å². The maximum atomic E-state index is 13.2. The van der Waals surface area contributed by atoms with Crippen LogP contribution in [-0.4, -0.2) is 58.0 Å².